The van der Waals surface area contributed by atoms with Gasteiger partial charge in [-0.25, -0.2) is 0 Å². The molecule has 3 unspecified atom stereocenters. The van der Waals surface area contributed by atoms with Crippen molar-refractivity contribution < 1.29 is 49.6 Å². The zero-order valence-corrected chi connectivity index (χ0v) is 19.9. The minimum atomic E-state index is -1.73. The standard InChI is InChI=1S/C17H26N12O10/c18-26-22-2-6-12(33)13(34)9(25-29-21)16(37-6)39-15-7(3-30)38-17(14(15)35)36-5-1-4(23-27-19)10(31)8(11(5)32)24-28-20/h4-17,30-35H,1-3H2/t4?,5-,6-,7+,8?,9?,10-,11+,12+,13+,14+,15+,16+,17+/m0/s1. The Bertz CT molecular complexity index is 1050. The van der Waals surface area contributed by atoms with Gasteiger partial charge in [-0.2, -0.15) is 0 Å². The third kappa shape index (κ3) is 6.53. The van der Waals surface area contributed by atoms with Gasteiger partial charge in [-0.15, -0.1) is 0 Å². The third-order valence-electron chi connectivity index (χ3n) is 6.58. The fraction of sp³-hybridized carbons (Fsp3) is 1.00. The van der Waals surface area contributed by atoms with Gasteiger partial charge in [0.1, 0.15) is 30.5 Å². The van der Waals surface area contributed by atoms with Crippen LogP contribution in [0.4, 0.5) is 0 Å². The molecule has 0 spiro atoms. The summed E-state index contributed by atoms with van der Waals surface area (Å²) in [7, 11) is 0. The van der Waals surface area contributed by atoms with Crippen LogP contribution < -0.4 is 0 Å². The van der Waals surface area contributed by atoms with Crippen molar-refractivity contribution in [2.45, 2.75) is 92.1 Å². The van der Waals surface area contributed by atoms with Gasteiger partial charge in [0, 0.05) is 19.6 Å². The summed E-state index contributed by atoms with van der Waals surface area (Å²) < 4.78 is 22.4. The topological polar surface area (TPSA) is 353 Å². The Balaban J connectivity index is 1.80. The first-order chi connectivity index (χ1) is 18.7. The van der Waals surface area contributed by atoms with E-state index in [1.54, 1.807) is 0 Å². The molecule has 3 aliphatic rings. The van der Waals surface area contributed by atoms with Gasteiger partial charge in [-0.05, 0) is 28.5 Å². The summed E-state index contributed by atoms with van der Waals surface area (Å²) in [6.45, 7) is -1.16. The molecule has 2 aliphatic heterocycles. The van der Waals surface area contributed by atoms with Crippen LogP contribution in [-0.4, -0.2) is 129 Å². The van der Waals surface area contributed by atoms with Crippen molar-refractivity contribution in [1.29, 1.82) is 0 Å². The molecular weight excluding hydrogens is 532 g/mol. The van der Waals surface area contributed by atoms with Gasteiger partial charge in [0.2, 0.25) is 0 Å². The summed E-state index contributed by atoms with van der Waals surface area (Å²) in [5.74, 6) is 0. The summed E-state index contributed by atoms with van der Waals surface area (Å²) in [4.78, 5) is 10.3. The molecule has 1 saturated carbocycles. The van der Waals surface area contributed by atoms with Crippen LogP contribution in [0, 0.1) is 0 Å². The van der Waals surface area contributed by atoms with E-state index in [0.717, 1.165) is 0 Å². The second-order valence-electron chi connectivity index (χ2n) is 8.81. The van der Waals surface area contributed by atoms with E-state index >= 15 is 0 Å². The molecule has 22 nitrogen and oxygen atoms in total. The van der Waals surface area contributed by atoms with Gasteiger partial charge >= 0.3 is 0 Å². The van der Waals surface area contributed by atoms with E-state index in [0.29, 0.717) is 0 Å². The SMILES string of the molecule is [N-]=[N+]=NC[C@@H]1O[C@H](O[C@H]2[C@@H](O)[C@H](O[C@H]3CC(N=[N+]=[N-])[C@H](O)C(N=[N+]=[N-])[C@@H]3O)O[C@@H]2CO)C(N=[N+]=[N-])[C@@H](O)[C@@H]1O. The minimum Gasteiger partial charge on any atom is -0.394 e. The van der Waals surface area contributed by atoms with E-state index in [2.05, 4.69) is 40.1 Å². The predicted octanol–water partition coefficient (Wildman–Crippen LogP) is -1.25. The Morgan fingerprint density at radius 1 is 0.692 bits per heavy atom. The van der Waals surface area contributed by atoms with Crippen molar-refractivity contribution in [3.63, 3.8) is 0 Å². The average molecular weight is 558 g/mol. The van der Waals surface area contributed by atoms with E-state index in [1.807, 2.05) is 0 Å². The Morgan fingerprint density at radius 3 is 1.95 bits per heavy atom. The van der Waals surface area contributed by atoms with Crippen LogP contribution in [0.3, 0.4) is 0 Å². The first-order valence-corrected chi connectivity index (χ1v) is 11.5. The lowest BCUT2D eigenvalue weighted by atomic mass is 9.84. The van der Waals surface area contributed by atoms with Crippen LogP contribution >= 0.6 is 0 Å². The monoisotopic (exact) mass is 558 g/mol. The van der Waals surface area contributed by atoms with Gasteiger partial charge in [0.05, 0.1) is 55.8 Å². The molecule has 0 bridgehead atoms. The Hall–Kier alpha value is -3.16. The molecule has 0 aromatic carbocycles. The van der Waals surface area contributed by atoms with E-state index in [-0.39, 0.29) is 6.42 Å². The second-order valence-corrected chi connectivity index (χ2v) is 8.81. The van der Waals surface area contributed by atoms with Crippen molar-refractivity contribution in [1.82, 2.24) is 0 Å². The summed E-state index contributed by atoms with van der Waals surface area (Å²) >= 11 is 0. The van der Waals surface area contributed by atoms with Crippen LogP contribution in [0.15, 0.2) is 20.5 Å². The molecule has 0 aromatic rings. The van der Waals surface area contributed by atoms with Crippen molar-refractivity contribution >= 4 is 0 Å². The molecule has 39 heavy (non-hydrogen) atoms. The highest BCUT2D eigenvalue weighted by atomic mass is 16.7. The normalized spacial score (nSPS) is 43.7. The molecule has 2 saturated heterocycles. The third-order valence-corrected chi connectivity index (χ3v) is 6.58. The summed E-state index contributed by atoms with van der Waals surface area (Å²) in [5.41, 5.74) is 35.0. The number of azide groups is 4. The molecule has 0 radical (unpaired) electrons. The maximum absolute atomic E-state index is 10.9. The lowest BCUT2D eigenvalue weighted by Gasteiger charge is -2.42. The largest absolute Gasteiger partial charge is 0.394 e. The highest BCUT2D eigenvalue weighted by Gasteiger charge is 2.53. The van der Waals surface area contributed by atoms with Crippen LogP contribution in [0.1, 0.15) is 6.42 Å². The fourth-order valence-corrected chi connectivity index (χ4v) is 4.62. The van der Waals surface area contributed by atoms with Crippen LogP contribution in [0.25, 0.3) is 41.8 Å². The Kier molecular flexibility index (Phi) is 10.7. The molecule has 6 N–H and O–H groups in total. The molecule has 14 atom stereocenters. The van der Waals surface area contributed by atoms with Crippen molar-refractivity contribution in [3.05, 3.63) is 41.8 Å². The summed E-state index contributed by atoms with van der Waals surface area (Å²) in [6.07, 6.45) is -17.0. The fourth-order valence-electron chi connectivity index (χ4n) is 4.62. The van der Waals surface area contributed by atoms with E-state index in [4.69, 9.17) is 41.1 Å². The average Bonchev–Trinajstić information content (AvgIpc) is 3.21. The number of ether oxygens (including phenoxy) is 4. The number of rotatable bonds is 10. The van der Waals surface area contributed by atoms with Crippen molar-refractivity contribution in [2.24, 2.45) is 20.5 Å². The molecule has 2 heterocycles. The van der Waals surface area contributed by atoms with Crippen LogP contribution in [-0.2, 0) is 18.9 Å². The number of hydrogen-bond acceptors (Lipinski definition) is 14. The van der Waals surface area contributed by atoms with Crippen molar-refractivity contribution in [3.8, 4) is 0 Å². The molecule has 22 heteroatoms. The van der Waals surface area contributed by atoms with Crippen LogP contribution in [0.2, 0.25) is 0 Å². The quantitative estimate of drug-likeness (QED) is 0.105. The molecular formula is C17H26N12O10. The van der Waals surface area contributed by atoms with E-state index in [1.165, 1.54) is 0 Å². The molecule has 3 rings (SSSR count). The first kappa shape index (κ1) is 30.4. The number of nitrogens with zero attached hydrogens (tertiary/aromatic N) is 12. The summed E-state index contributed by atoms with van der Waals surface area (Å²) in [6, 6.07) is -4.17. The molecule has 0 aromatic heterocycles. The first-order valence-electron chi connectivity index (χ1n) is 11.5. The van der Waals surface area contributed by atoms with E-state index < -0.39 is 98.8 Å². The maximum Gasteiger partial charge on any atom is 0.187 e. The van der Waals surface area contributed by atoms with Gasteiger partial charge in [0.15, 0.2) is 12.6 Å². The molecule has 0 amide bonds. The molecule has 3 fully saturated rings. The van der Waals surface area contributed by atoms with Crippen LogP contribution in [0.5, 0.6) is 0 Å². The Morgan fingerprint density at radius 2 is 1.33 bits per heavy atom. The highest BCUT2D eigenvalue weighted by molar-refractivity contribution is 5.02. The van der Waals surface area contributed by atoms with Gasteiger partial charge in [-0.1, -0.05) is 20.5 Å². The maximum atomic E-state index is 10.9. The summed E-state index contributed by atoms with van der Waals surface area (Å²) in [5, 5.41) is 75.7. The molecule has 214 valence electrons. The predicted molar refractivity (Wildman–Crippen MR) is 122 cm³/mol. The number of hydrogen-bond donors (Lipinski definition) is 6. The highest BCUT2D eigenvalue weighted by Crippen LogP contribution is 2.34. The second kappa shape index (κ2) is 13.8. The lowest BCUT2D eigenvalue weighted by molar-refractivity contribution is -0.280. The molecule has 1 aliphatic carbocycles. The minimum absolute atomic E-state index is 0.262. The van der Waals surface area contributed by atoms with Gasteiger partial charge in [0.25, 0.3) is 0 Å². The van der Waals surface area contributed by atoms with Gasteiger partial charge < -0.3 is 49.6 Å². The number of aliphatic hydroxyl groups excluding tert-OH is 6. The Labute approximate surface area is 217 Å². The van der Waals surface area contributed by atoms with Crippen molar-refractivity contribution in [2.75, 3.05) is 13.2 Å². The smallest absolute Gasteiger partial charge is 0.187 e. The van der Waals surface area contributed by atoms with Gasteiger partial charge in [-0.3, -0.25) is 0 Å². The lowest BCUT2D eigenvalue weighted by Crippen LogP contribution is -2.59. The number of aliphatic hydroxyl groups is 6. The van der Waals surface area contributed by atoms with E-state index in [9.17, 15) is 30.6 Å². The zero-order valence-electron chi connectivity index (χ0n) is 19.9. The zero-order chi connectivity index (χ0) is 28.7.